The smallest absolute Gasteiger partial charge is 0.264 e. The van der Waals surface area contributed by atoms with Crippen molar-refractivity contribution in [2.75, 3.05) is 20.8 Å². The fraction of sp³-hybridized carbons (Fsp3) is 0.370. The topological polar surface area (TPSA) is 76.1 Å². The summed E-state index contributed by atoms with van der Waals surface area (Å²) in [5, 5.41) is 14.5. The minimum absolute atomic E-state index is 0.105. The summed E-state index contributed by atoms with van der Waals surface area (Å²) in [5.41, 5.74) is 6.81. The number of hydrogen-bond acceptors (Lipinski definition) is 4. The van der Waals surface area contributed by atoms with E-state index >= 15 is 0 Å². The Labute approximate surface area is 201 Å². The number of amides is 1. The van der Waals surface area contributed by atoms with Crippen molar-refractivity contribution in [3.63, 3.8) is 0 Å². The van der Waals surface area contributed by atoms with Gasteiger partial charge in [0.1, 0.15) is 11.6 Å². The number of para-hydroxylation sites is 1. The Bertz CT molecular complexity index is 1240. The highest BCUT2D eigenvalue weighted by atomic mass is 16.5. The van der Waals surface area contributed by atoms with Gasteiger partial charge in [0.2, 0.25) is 0 Å². The van der Waals surface area contributed by atoms with Crippen molar-refractivity contribution >= 4 is 12.0 Å². The van der Waals surface area contributed by atoms with Crippen molar-refractivity contribution in [1.29, 1.82) is 5.26 Å². The Morgan fingerprint density at radius 1 is 1.21 bits per heavy atom. The molecule has 2 aromatic heterocycles. The van der Waals surface area contributed by atoms with Crippen LogP contribution in [0.25, 0.3) is 11.8 Å². The predicted octanol–water partition coefficient (Wildman–Crippen LogP) is 4.68. The number of carbonyl (C=O) groups is 1. The SMILES string of the molecule is COCC(C)n1c(C)cc(/C=C(\C#N)C(=O)N(C)Cc2c(C)nn(-c3ccccc3)c2C)c1C. The Morgan fingerprint density at radius 3 is 2.50 bits per heavy atom. The lowest BCUT2D eigenvalue weighted by molar-refractivity contribution is -0.125. The maximum absolute atomic E-state index is 13.2. The van der Waals surface area contributed by atoms with E-state index in [2.05, 4.69) is 22.7 Å². The molecule has 0 aliphatic heterocycles. The third kappa shape index (κ3) is 4.97. The molecule has 0 aliphatic carbocycles. The highest BCUT2D eigenvalue weighted by Gasteiger charge is 2.21. The molecule has 178 valence electrons. The summed E-state index contributed by atoms with van der Waals surface area (Å²) < 4.78 is 9.36. The number of ether oxygens (including phenoxy) is 1. The number of methoxy groups -OCH3 is 1. The zero-order valence-corrected chi connectivity index (χ0v) is 21.1. The standard InChI is InChI=1S/C27H33N5O2/c1-18-13-23(21(4)31(18)19(2)17-34-7)14-24(15-28)27(33)30(6)16-26-20(3)29-32(22(26)5)25-11-9-8-10-12-25/h8-14,19H,16-17H2,1-7H3/b24-14+. The molecular weight excluding hydrogens is 426 g/mol. The minimum Gasteiger partial charge on any atom is -0.383 e. The Kier molecular flexibility index (Phi) is 7.75. The first kappa shape index (κ1) is 25.0. The van der Waals surface area contributed by atoms with E-state index < -0.39 is 0 Å². The molecule has 0 saturated heterocycles. The van der Waals surface area contributed by atoms with Gasteiger partial charge < -0.3 is 14.2 Å². The maximum Gasteiger partial charge on any atom is 0.264 e. The van der Waals surface area contributed by atoms with Crippen LogP contribution in [0.3, 0.4) is 0 Å². The molecule has 7 nitrogen and oxygen atoms in total. The maximum atomic E-state index is 13.2. The van der Waals surface area contributed by atoms with Crippen LogP contribution in [-0.4, -0.2) is 45.9 Å². The molecule has 1 unspecified atom stereocenters. The molecule has 1 atom stereocenters. The fourth-order valence-electron chi connectivity index (χ4n) is 4.48. The van der Waals surface area contributed by atoms with Crippen LogP contribution in [0.2, 0.25) is 0 Å². The predicted molar refractivity (Wildman–Crippen MR) is 134 cm³/mol. The lowest BCUT2D eigenvalue weighted by Gasteiger charge is -2.18. The van der Waals surface area contributed by atoms with E-state index in [4.69, 9.17) is 4.74 Å². The van der Waals surface area contributed by atoms with Crippen molar-refractivity contribution in [3.05, 3.63) is 75.9 Å². The lowest BCUT2D eigenvalue weighted by atomic mass is 10.1. The number of aryl methyl sites for hydroxylation is 2. The highest BCUT2D eigenvalue weighted by molar-refractivity contribution is 6.01. The van der Waals surface area contributed by atoms with Gasteiger partial charge in [0.25, 0.3) is 5.91 Å². The molecule has 0 saturated carbocycles. The second-order valence-corrected chi connectivity index (χ2v) is 8.73. The molecule has 0 bridgehead atoms. The summed E-state index contributed by atoms with van der Waals surface area (Å²) in [6, 6.07) is 14.2. The first-order valence-corrected chi connectivity index (χ1v) is 11.3. The van der Waals surface area contributed by atoms with Crippen LogP contribution in [0, 0.1) is 39.0 Å². The summed E-state index contributed by atoms with van der Waals surface area (Å²) in [4.78, 5) is 14.8. The van der Waals surface area contributed by atoms with Gasteiger partial charge in [-0.15, -0.1) is 0 Å². The minimum atomic E-state index is -0.316. The van der Waals surface area contributed by atoms with Gasteiger partial charge in [0.15, 0.2) is 0 Å². The Balaban J connectivity index is 1.86. The van der Waals surface area contributed by atoms with E-state index in [1.54, 1.807) is 25.1 Å². The number of benzene rings is 1. The molecule has 0 N–H and O–H groups in total. The molecule has 1 amide bonds. The molecule has 2 heterocycles. The van der Waals surface area contributed by atoms with Crippen LogP contribution in [0.4, 0.5) is 0 Å². The molecular formula is C27H33N5O2. The van der Waals surface area contributed by atoms with Gasteiger partial charge in [-0.2, -0.15) is 10.4 Å². The Morgan fingerprint density at radius 2 is 1.88 bits per heavy atom. The molecule has 3 rings (SSSR count). The molecule has 0 aliphatic rings. The summed E-state index contributed by atoms with van der Waals surface area (Å²) in [6.07, 6.45) is 1.68. The van der Waals surface area contributed by atoms with E-state index in [1.165, 1.54) is 0 Å². The summed E-state index contributed by atoms with van der Waals surface area (Å²) in [6.45, 7) is 11.0. The molecule has 3 aromatic rings. The van der Waals surface area contributed by atoms with Gasteiger partial charge >= 0.3 is 0 Å². The van der Waals surface area contributed by atoms with E-state index in [9.17, 15) is 10.1 Å². The van der Waals surface area contributed by atoms with E-state index in [1.807, 2.05) is 68.8 Å². The van der Waals surface area contributed by atoms with Crippen LogP contribution in [0.1, 0.15) is 46.9 Å². The van der Waals surface area contributed by atoms with Crippen LogP contribution in [0.5, 0.6) is 0 Å². The molecule has 1 aromatic carbocycles. The lowest BCUT2D eigenvalue weighted by Crippen LogP contribution is -2.27. The van der Waals surface area contributed by atoms with Crippen LogP contribution in [-0.2, 0) is 16.1 Å². The van der Waals surface area contributed by atoms with Crippen LogP contribution >= 0.6 is 0 Å². The number of nitrogens with zero attached hydrogens (tertiary/aromatic N) is 5. The van der Waals surface area contributed by atoms with Gasteiger partial charge in [-0.3, -0.25) is 4.79 Å². The monoisotopic (exact) mass is 459 g/mol. The average molecular weight is 460 g/mol. The van der Waals surface area contributed by atoms with Gasteiger partial charge in [-0.25, -0.2) is 4.68 Å². The van der Waals surface area contributed by atoms with Crippen molar-refractivity contribution < 1.29 is 9.53 Å². The fourth-order valence-corrected chi connectivity index (χ4v) is 4.48. The first-order chi connectivity index (χ1) is 16.2. The molecule has 0 radical (unpaired) electrons. The quantitative estimate of drug-likeness (QED) is 0.362. The summed E-state index contributed by atoms with van der Waals surface area (Å²) in [7, 11) is 3.40. The van der Waals surface area contributed by atoms with Gasteiger partial charge in [-0.05, 0) is 64.5 Å². The average Bonchev–Trinajstić information content (AvgIpc) is 3.26. The van der Waals surface area contributed by atoms with E-state index in [0.29, 0.717) is 13.2 Å². The van der Waals surface area contributed by atoms with Crippen LogP contribution in [0.15, 0.2) is 42.0 Å². The van der Waals surface area contributed by atoms with E-state index in [0.717, 1.165) is 39.6 Å². The summed E-state index contributed by atoms with van der Waals surface area (Å²) in [5.74, 6) is -0.316. The number of rotatable bonds is 8. The normalized spacial score (nSPS) is 12.5. The van der Waals surface area contributed by atoms with Crippen LogP contribution < -0.4 is 0 Å². The van der Waals surface area contributed by atoms with Gasteiger partial charge in [-0.1, -0.05) is 18.2 Å². The second kappa shape index (κ2) is 10.5. The Hall–Kier alpha value is -3.63. The number of hydrogen-bond donors (Lipinski definition) is 0. The van der Waals surface area contributed by atoms with E-state index in [-0.39, 0.29) is 17.5 Å². The third-order valence-electron chi connectivity index (χ3n) is 6.21. The molecule has 7 heteroatoms. The van der Waals surface area contributed by atoms with Crippen molar-refractivity contribution in [2.45, 2.75) is 47.2 Å². The third-order valence-corrected chi connectivity index (χ3v) is 6.21. The zero-order chi connectivity index (χ0) is 25.0. The van der Waals surface area contributed by atoms with Crippen molar-refractivity contribution in [1.82, 2.24) is 19.2 Å². The number of carbonyl (C=O) groups excluding carboxylic acids is 1. The largest absolute Gasteiger partial charge is 0.383 e. The molecule has 34 heavy (non-hydrogen) atoms. The van der Waals surface area contributed by atoms with Crippen molar-refractivity contribution in [2.24, 2.45) is 0 Å². The molecule has 0 spiro atoms. The number of aromatic nitrogens is 3. The van der Waals surface area contributed by atoms with Gasteiger partial charge in [0.05, 0.1) is 24.0 Å². The number of nitriles is 1. The second-order valence-electron chi connectivity index (χ2n) is 8.73. The van der Waals surface area contributed by atoms with Crippen molar-refractivity contribution in [3.8, 4) is 11.8 Å². The molecule has 0 fully saturated rings. The zero-order valence-electron chi connectivity index (χ0n) is 21.1. The van der Waals surface area contributed by atoms with Gasteiger partial charge in [0, 0.05) is 43.3 Å². The number of likely N-dealkylation sites (N-methyl/N-ethyl adjacent to an activating group) is 1. The highest BCUT2D eigenvalue weighted by Crippen LogP contribution is 2.24. The summed E-state index contributed by atoms with van der Waals surface area (Å²) >= 11 is 0. The first-order valence-electron chi connectivity index (χ1n) is 11.3.